The van der Waals surface area contributed by atoms with Gasteiger partial charge in [-0.2, -0.15) is 0 Å². The lowest BCUT2D eigenvalue weighted by Crippen LogP contribution is -2.41. The fourth-order valence-corrected chi connectivity index (χ4v) is 5.52. The van der Waals surface area contributed by atoms with Gasteiger partial charge < -0.3 is 5.32 Å². The third kappa shape index (κ3) is 3.76. The van der Waals surface area contributed by atoms with Crippen molar-refractivity contribution < 1.29 is 13.2 Å². The summed E-state index contributed by atoms with van der Waals surface area (Å²) in [5, 5.41) is 3.02. The molecule has 1 aromatic carbocycles. The SMILES string of the molecule is CC1(C)CCC(C)(C)c2cc(C(=O)NC3CCS(=O)(=O)CC3)ccc21. The van der Waals surface area contributed by atoms with Crippen LogP contribution in [-0.4, -0.2) is 31.9 Å². The van der Waals surface area contributed by atoms with E-state index in [9.17, 15) is 13.2 Å². The average Bonchev–Trinajstić information content (AvgIpc) is 2.53. The number of fused-ring (bicyclic) bond motifs is 1. The van der Waals surface area contributed by atoms with Crippen molar-refractivity contribution in [3.63, 3.8) is 0 Å². The highest BCUT2D eigenvalue weighted by atomic mass is 32.2. The van der Waals surface area contributed by atoms with Gasteiger partial charge >= 0.3 is 0 Å². The van der Waals surface area contributed by atoms with Crippen molar-refractivity contribution in [2.24, 2.45) is 0 Å². The molecule has 0 radical (unpaired) electrons. The summed E-state index contributed by atoms with van der Waals surface area (Å²) in [5.41, 5.74) is 3.49. The Labute approximate surface area is 151 Å². The summed E-state index contributed by atoms with van der Waals surface area (Å²) in [4.78, 5) is 12.7. The molecule has 25 heavy (non-hydrogen) atoms. The molecular formula is C20H29NO3S. The predicted molar refractivity (Wildman–Crippen MR) is 101 cm³/mol. The van der Waals surface area contributed by atoms with Gasteiger partial charge in [0.2, 0.25) is 0 Å². The molecule has 138 valence electrons. The summed E-state index contributed by atoms with van der Waals surface area (Å²) in [6.45, 7) is 9.02. The third-order valence-corrected chi connectivity index (χ3v) is 7.72. The van der Waals surface area contributed by atoms with Crippen molar-refractivity contribution in [3.05, 3.63) is 34.9 Å². The molecule has 0 bridgehead atoms. The Bertz CT molecular complexity index is 779. The molecule has 0 saturated carbocycles. The highest BCUT2D eigenvalue weighted by Crippen LogP contribution is 2.45. The van der Waals surface area contributed by atoms with Crippen molar-refractivity contribution >= 4 is 15.7 Å². The maximum atomic E-state index is 12.7. The second-order valence-corrected chi connectivity index (χ2v) is 11.2. The minimum absolute atomic E-state index is 0.0449. The van der Waals surface area contributed by atoms with Gasteiger partial charge in [-0.15, -0.1) is 0 Å². The molecule has 1 aromatic rings. The Morgan fingerprint density at radius 3 is 2.16 bits per heavy atom. The number of hydrogen-bond acceptors (Lipinski definition) is 3. The fourth-order valence-electron chi connectivity index (χ4n) is 4.03. The van der Waals surface area contributed by atoms with Gasteiger partial charge in [0.15, 0.2) is 0 Å². The van der Waals surface area contributed by atoms with Gasteiger partial charge in [0, 0.05) is 11.6 Å². The molecular weight excluding hydrogens is 334 g/mol. The number of sulfone groups is 1. The van der Waals surface area contributed by atoms with Gasteiger partial charge in [-0.1, -0.05) is 33.8 Å². The van der Waals surface area contributed by atoms with Gasteiger partial charge in [0.1, 0.15) is 9.84 Å². The minimum atomic E-state index is -2.91. The molecule has 0 atom stereocenters. The zero-order valence-corrected chi connectivity index (χ0v) is 16.5. The normalized spacial score (nSPS) is 24.3. The molecule has 1 amide bonds. The van der Waals surface area contributed by atoms with Gasteiger partial charge in [-0.05, 0) is 59.8 Å². The summed E-state index contributed by atoms with van der Waals surface area (Å²) in [7, 11) is -2.91. The standard InChI is InChI=1S/C20H29NO3S/c1-19(2)9-10-20(3,4)17-13-14(5-6-16(17)19)18(22)21-15-7-11-25(23,24)12-8-15/h5-6,13,15H,7-12H2,1-4H3,(H,21,22). The lowest BCUT2D eigenvalue weighted by atomic mass is 9.63. The summed E-state index contributed by atoms with van der Waals surface area (Å²) in [6, 6.07) is 6.02. The fraction of sp³-hybridized carbons (Fsp3) is 0.650. The van der Waals surface area contributed by atoms with E-state index < -0.39 is 9.84 Å². The van der Waals surface area contributed by atoms with Crippen molar-refractivity contribution in [2.75, 3.05) is 11.5 Å². The second kappa shape index (κ2) is 6.11. The Morgan fingerprint density at radius 1 is 1.00 bits per heavy atom. The molecule has 4 nitrogen and oxygen atoms in total. The summed E-state index contributed by atoms with van der Waals surface area (Å²) < 4.78 is 23.1. The molecule has 0 unspecified atom stereocenters. The molecule has 0 spiro atoms. The lowest BCUT2D eigenvalue weighted by Gasteiger charge is -2.42. The predicted octanol–water partition coefficient (Wildman–Crippen LogP) is 3.34. The number of rotatable bonds is 2. The quantitative estimate of drug-likeness (QED) is 0.876. The van der Waals surface area contributed by atoms with Crippen molar-refractivity contribution in [2.45, 2.75) is 70.3 Å². The number of carbonyl (C=O) groups is 1. The molecule has 0 aromatic heterocycles. The molecule has 1 N–H and O–H groups in total. The average molecular weight is 364 g/mol. The van der Waals surface area contributed by atoms with Crippen LogP contribution in [0.25, 0.3) is 0 Å². The molecule has 5 heteroatoms. The molecule has 1 aliphatic heterocycles. The number of carbonyl (C=O) groups excluding carboxylic acids is 1. The molecule has 2 aliphatic rings. The first kappa shape index (κ1) is 18.4. The van der Waals surface area contributed by atoms with Gasteiger partial charge in [-0.25, -0.2) is 8.42 Å². The van der Waals surface area contributed by atoms with Crippen LogP contribution < -0.4 is 5.32 Å². The van der Waals surface area contributed by atoms with Crippen LogP contribution in [0.3, 0.4) is 0 Å². The Hall–Kier alpha value is -1.36. The van der Waals surface area contributed by atoms with Crippen LogP contribution >= 0.6 is 0 Å². The maximum absolute atomic E-state index is 12.7. The van der Waals surface area contributed by atoms with E-state index in [2.05, 4.69) is 39.1 Å². The van der Waals surface area contributed by atoms with Gasteiger partial charge in [-0.3, -0.25) is 4.79 Å². The minimum Gasteiger partial charge on any atom is -0.349 e. The van der Waals surface area contributed by atoms with Gasteiger partial charge in [0.05, 0.1) is 11.5 Å². The lowest BCUT2D eigenvalue weighted by molar-refractivity contribution is 0.0934. The second-order valence-electron chi connectivity index (χ2n) is 8.93. The third-order valence-electron chi connectivity index (χ3n) is 6.00. The first-order valence-electron chi connectivity index (χ1n) is 9.17. The van der Waals surface area contributed by atoms with Crippen molar-refractivity contribution in [3.8, 4) is 0 Å². The van der Waals surface area contributed by atoms with Crippen LogP contribution in [0.2, 0.25) is 0 Å². The van der Waals surface area contributed by atoms with Crippen molar-refractivity contribution in [1.29, 1.82) is 0 Å². The first-order valence-corrected chi connectivity index (χ1v) is 11.0. The van der Waals surface area contributed by atoms with Crippen LogP contribution in [0.5, 0.6) is 0 Å². The maximum Gasteiger partial charge on any atom is 0.251 e. The molecule has 1 fully saturated rings. The van der Waals surface area contributed by atoms with E-state index in [4.69, 9.17) is 0 Å². The Kier molecular flexibility index (Phi) is 4.51. The monoisotopic (exact) mass is 363 g/mol. The molecule has 1 aliphatic carbocycles. The molecule has 1 heterocycles. The van der Waals surface area contributed by atoms with Crippen LogP contribution in [0, 0.1) is 0 Å². The van der Waals surface area contributed by atoms with E-state index in [0.717, 1.165) is 12.8 Å². The summed E-state index contributed by atoms with van der Waals surface area (Å²) in [6.07, 6.45) is 3.28. The van der Waals surface area contributed by atoms with E-state index in [1.807, 2.05) is 12.1 Å². The zero-order valence-electron chi connectivity index (χ0n) is 15.7. The smallest absolute Gasteiger partial charge is 0.251 e. The Balaban J connectivity index is 1.81. The van der Waals surface area contributed by atoms with Crippen LogP contribution in [-0.2, 0) is 20.7 Å². The number of benzene rings is 1. The van der Waals surface area contributed by atoms with E-state index in [0.29, 0.717) is 18.4 Å². The van der Waals surface area contributed by atoms with E-state index in [1.165, 1.54) is 11.1 Å². The zero-order chi connectivity index (χ0) is 18.5. The van der Waals surface area contributed by atoms with Crippen molar-refractivity contribution in [1.82, 2.24) is 5.32 Å². The first-order chi connectivity index (χ1) is 11.5. The van der Waals surface area contributed by atoms with E-state index >= 15 is 0 Å². The number of nitrogens with one attached hydrogen (secondary N) is 1. The number of amides is 1. The van der Waals surface area contributed by atoms with E-state index in [1.54, 1.807) is 0 Å². The van der Waals surface area contributed by atoms with Crippen LogP contribution in [0.4, 0.5) is 0 Å². The topological polar surface area (TPSA) is 63.2 Å². The van der Waals surface area contributed by atoms with Crippen LogP contribution in [0.15, 0.2) is 18.2 Å². The Morgan fingerprint density at radius 2 is 1.56 bits per heavy atom. The van der Waals surface area contributed by atoms with E-state index in [-0.39, 0.29) is 34.3 Å². The van der Waals surface area contributed by atoms with Crippen LogP contribution in [0.1, 0.15) is 74.9 Å². The number of hydrogen-bond donors (Lipinski definition) is 1. The van der Waals surface area contributed by atoms with Gasteiger partial charge in [0.25, 0.3) is 5.91 Å². The summed E-state index contributed by atoms with van der Waals surface area (Å²) >= 11 is 0. The largest absolute Gasteiger partial charge is 0.349 e. The highest BCUT2D eigenvalue weighted by Gasteiger charge is 2.37. The molecule has 1 saturated heterocycles. The summed E-state index contributed by atoms with van der Waals surface area (Å²) in [5.74, 6) is 0.249. The molecule has 3 rings (SSSR count). The highest BCUT2D eigenvalue weighted by molar-refractivity contribution is 7.91.